The Bertz CT molecular complexity index is 620. The molecule has 2 fully saturated rings. The standard InChI is InChI=1S/C19H27N3O3/c1-13(2)25-17-6-4-3-5-16(17)21-18(23)14-9-11-22(12-10-14)19(24)20-15-7-8-15/h3-6,13-15H,7-12H2,1-2H3,(H,20,24)(H,21,23). The van der Waals surface area contributed by atoms with Gasteiger partial charge in [0.05, 0.1) is 11.8 Å². The number of nitrogens with zero attached hydrogens (tertiary/aromatic N) is 1. The summed E-state index contributed by atoms with van der Waals surface area (Å²) in [6, 6.07) is 7.87. The highest BCUT2D eigenvalue weighted by Gasteiger charge is 2.30. The third-order valence-corrected chi connectivity index (χ3v) is 4.57. The molecule has 6 heteroatoms. The molecule has 136 valence electrons. The van der Waals surface area contributed by atoms with E-state index in [2.05, 4.69) is 10.6 Å². The molecule has 1 saturated heterocycles. The number of piperidine rings is 1. The molecular formula is C19H27N3O3. The molecule has 1 aliphatic heterocycles. The van der Waals surface area contributed by atoms with Gasteiger partial charge in [-0.25, -0.2) is 4.79 Å². The number of likely N-dealkylation sites (tertiary alicyclic amines) is 1. The molecule has 2 N–H and O–H groups in total. The third-order valence-electron chi connectivity index (χ3n) is 4.57. The topological polar surface area (TPSA) is 70.7 Å². The minimum Gasteiger partial charge on any atom is -0.489 e. The second-order valence-corrected chi connectivity index (χ2v) is 7.14. The molecule has 0 unspecified atom stereocenters. The maximum absolute atomic E-state index is 12.6. The number of hydrogen-bond donors (Lipinski definition) is 2. The minimum absolute atomic E-state index is 0.00190. The zero-order chi connectivity index (χ0) is 17.8. The summed E-state index contributed by atoms with van der Waals surface area (Å²) < 4.78 is 5.75. The molecule has 0 aromatic heterocycles. The molecular weight excluding hydrogens is 318 g/mol. The van der Waals surface area contributed by atoms with Gasteiger partial charge in [0.1, 0.15) is 5.75 Å². The van der Waals surface area contributed by atoms with Gasteiger partial charge in [-0.1, -0.05) is 12.1 Å². The highest BCUT2D eigenvalue weighted by Crippen LogP contribution is 2.27. The Balaban J connectivity index is 1.52. The van der Waals surface area contributed by atoms with Crippen molar-refractivity contribution in [2.45, 2.75) is 51.7 Å². The molecule has 0 spiro atoms. The van der Waals surface area contributed by atoms with Gasteiger partial charge >= 0.3 is 6.03 Å². The van der Waals surface area contributed by atoms with Crippen molar-refractivity contribution < 1.29 is 14.3 Å². The Morgan fingerprint density at radius 2 is 1.80 bits per heavy atom. The number of amides is 3. The normalized spacial score (nSPS) is 18.1. The van der Waals surface area contributed by atoms with Crippen LogP contribution >= 0.6 is 0 Å². The molecule has 1 heterocycles. The van der Waals surface area contributed by atoms with Gasteiger partial charge in [0.15, 0.2) is 0 Å². The van der Waals surface area contributed by atoms with Gasteiger partial charge in [-0.05, 0) is 51.7 Å². The molecule has 1 aromatic carbocycles. The predicted octanol–water partition coefficient (Wildman–Crippen LogP) is 3.00. The molecule has 3 amide bonds. The Hall–Kier alpha value is -2.24. The number of benzene rings is 1. The van der Waals surface area contributed by atoms with Gasteiger partial charge in [0, 0.05) is 25.0 Å². The van der Waals surface area contributed by atoms with Gasteiger partial charge in [0.2, 0.25) is 5.91 Å². The number of hydrogen-bond acceptors (Lipinski definition) is 3. The van der Waals surface area contributed by atoms with Crippen molar-refractivity contribution in [1.29, 1.82) is 0 Å². The van der Waals surface area contributed by atoms with E-state index >= 15 is 0 Å². The summed E-state index contributed by atoms with van der Waals surface area (Å²) in [5.74, 6) is 0.617. The summed E-state index contributed by atoms with van der Waals surface area (Å²) >= 11 is 0. The van der Waals surface area contributed by atoms with E-state index in [1.54, 1.807) is 0 Å². The summed E-state index contributed by atoms with van der Waals surface area (Å²) in [7, 11) is 0. The summed E-state index contributed by atoms with van der Waals surface area (Å²) in [5.41, 5.74) is 0.704. The average molecular weight is 345 g/mol. The number of anilines is 1. The monoisotopic (exact) mass is 345 g/mol. The van der Waals surface area contributed by atoms with Crippen LogP contribution in [0.1, 0.15) is 39.5 Å². The smallest absolute Gasteiger partial charge is 0.317 e. The van der Waals surface area contributed by atoms with Crippen LogP contribution in [0.5, 0.6) is 5.75 Å². The van der Waals surface area contributed by atoms with Crippen molar-refractivity contribution in [2.24, 2.45) is 5.92 Å². The van der Waals surface area contributed by atoms with Crippen molar-refractivity contribution >= 4 is 17.6 Å². The van der Waals surface area contributed by atoms with Crippen molar-refractivity contribution in [3.63, 3.8) is 0 Å². The molecule has 0 radical (unpaired) electrons. The van der Waals surface area contributed by atoms with E-state index in [9.17, 15) is 9.59 Å². The van der Waals surface area contributed by atoms with Gasteiger partial charge in [-0.3, -0.25) is 4.79 Å². The number of para-hydroxylation sites is 2. The van der Waals surface area contributed by atoms with Crippen LogP contribution in [0.15, 0.2) is 24.3 Å². The van der Waals surface area contributed by atoms with Crippen molar-refractivity contribution in [1.82, 2.24) is 10.2 Å². The zero-order valence-corrected chi connectivity index (χ0v) is 15.0. The van der Waals surface area contributed by atoms with Crippen LogP contribution in [0.25, 0.3) is 0 Å². The molecule has 1 saturated carbocycles. The minimum atomic E-state index is -0.0721. The fourth-order valence-corrected chi connectivity index (χ4v) is 3.00. The van der Waals surface area contributed by atoms with E-state index in [0.29, 0.717) is 43.4 Å². The highest BCUT2D eigenvalue weighted by molar-refractivity contribution is 5.94. The van der Waals surface area contributed by atoms with Gasteiger partial charge < -0.3 is 20.3 Å². The van der Waals surface area contributed by atoms with Crippen molar-refractivity contribution in [3.05, 3.63) is 24.3 Å². The van der Waals surface area contributed by atoms with Crippen LogP contribution in [-0.4, -0.2) is 42.1 Å². The number of nitrogens with one attached hydrogen (secondary N) is 2. The quantitative estimate of drug-likeness (QED) is 0.862. The second-order valence-electron chi connectivity index (χ2n) is 7.14. The Labute approximate surface area is 148 Å². The van der Waals surface area contributed by atoms with Gasteiger partial charge in [-0.15, -0.1) is 0 Å². The summed E-state index contributed by atoms with van der Waals surface area (Å²) in [4.78, 5) is 26.5. The maximum atomic E-state index is 12.6. The van der Waals surface area contributed by atoms with Crippen LogP contribution in [0, 0.1) is 5.92 Å². The Kier molecular flexibility index (Phi) is 5.46. The van der Waals surface area contributed by atoms with Crippen LogP contribution in [0.4, 0.5) is 10.5 Å². The van der Waals surface area contributed by atoms with Crippen molar-refractivity contribution in [3.8, 4) is 5.75 Å². The number of ether oxygens (including phenoxy) is 1. The fraction of sp³-hybridized carbons (Fsp3) is 0.579. The van der Waals surface area contributed by atoms with E-state index in [0.717, 1.165) is 12.8 Å². The SMILES string of the molecule is CC(C)Oc1ccccc1NC(=O)C1CCN(C(=O)NC2CC2)CC1. The lowest BCUT2D eigenvalue weighted by molar-refractivity contribution is -0.121. The lowest BCUT2D eigenvalue weighted by atomic mass is 9.96. The van der Waals surface area contributed by atoms with E-state index in [1.807, 2.05) is 43.0 Å². The molecule has 6 nitrogen and oxygen atoms in total. The van der Waals surface area contributed by atoms with Crippen LogP contribution in [0.2, 0.25) is 0 Å². The van der Waals surface area contributed by atoms with Crippen LogP contribution < -0.4 is 15.4 Å². The largest absolute Gasteiger partial charge is 0.489 e. The summed E-state index contributed by atoms with van der Waals surface area (Å²) in [6.07, 6.45) is 3.60. The molecule has 3 rings (SSSR count). The molecule has 0 bridgehead atoms. The second kappa shape index (κ2) is 7.76. The number of urea groups is 1. The lowest BCUT2D eigenvalue weighted by Crippen LogP contribution is -2.46. The molecule has 2 aliphatic rings. The highest BCUT2D eigenvalue weighted by atomic mass is 16.5. The van der Waals surface area contributed by atoms with Crippen molar-refractivity contribution in [2.75, 3.05) is 18.4 Å². The fourth-order valence-electron chi connectivity index (χ4n) is 3.00. The lowest BCUT2D eigenvalue weighted by Gasteiger charge is -2.31. The number of rotatable bonds is 5. The summed E-state index contributed by atoms with van der Waals surface area (Å²) in [6.45, 7) is 5.17. The first-order chi connectivity index (χ1) is 12.0. The van der Waals surface area contributed by atoms with Gasteiger partial charge in [-0.2, -0.15) is 0 Å². The summed E-state index contributed by atoms with van der Waals surface area (Å²) in [5, 5.41) is 5.99. The zero-order valence-electron chi connectivity index (χ0n) is 15.0. The molecule has 1 aromatic rings. The molecule has 1 aliphatic carbocycles. The third kappa shape index (κ3) is 4.87. The predicted molar refractivity (Wildman–Crippen MR) is 96.7 cm³/mol. The molecule has 25 heavy (non-hydrogen) atoms. The van der Waals surface area contributed by atoms with Crippen LogP contribution in [0.3, 0.4) is 0 Å². The van der Waals surface area contributed by atoms with E-state index < -0.39 is 0 Å². The van der Waals surface area contributed by atoms with Gasteiger partial charge in [0.25, 0.3) is 0 Å². The first-order valence-electron chi connectivity index (χ1n) is 9.15. The first-order valence-corrected chi connectivity index (χ1v) is 9.15. The average Bonchev–Trinajstić information content (AvgIpc) is 3.40. The van der Waals surface area contributed by atoms with E-state index in [4.69, 9.17) is 4.74 Å². The first kappa shape index (κ1) is 17.6. The van der Waals surface area contributed by atoms with E-state index in [1.165, 1.54) is 0 Å². The van der Waals surface area contributed by atoms with E-state index in [-0.39, 0.29) is 24.0 Å². The molecule has 0 atom stereocenters. The Morgan fingerprint density at radius 1 is 1.12 bits per heavy atom. The maximum Gasteiger partial charge on any atom is 0.317 e. The van der Waals surface area contributed by atoms with Crippen LogP contribution in [-0.2, 0) is 4.79 Å². The number of carbonyl (C=O) groups excluding carboxylic acids is 2. The Morgan fingerprint density at radius 3 is 2.44 bits per heavy atom. The number of carbonyl (C=O) groups is 2.